The molecular weight excluding hydrogens is 263 g/mol. The predicted octanol–water partition coefficient (Wildman–Crippen LogP) is 2.40. The van der Waals surface area contributed by atoms with Crippen molar-refractivity contribution < 1.29 is 14.8 Å². The number of rotatable bonds is 4. The third-order valence-electron chi connectivity index (χ3n) is 4.32. The molecule has 0 amide bonds. The SMILES string of the molecule is Cc1ccc(B(O)OC(C)(C)C(C)(C)O)c2ccccc12. The number of hydrogen-bond acceptors (Lipinski definition) is 3. The van der Waals surface area contributed by atoms with Gasteiger partial charge in [-0.3, -0.25) is 0 Å². The molecule has 112 valence electrons. The van der Waals surface area contributed by atoms with Crippen molar-refractivity contribution in [2.75, 3.05) is 0 Å². The predicted molar refractivity (Wildman–Crippen MR) is 87.8 cm³/mol. The summed E-state index contributed by atoms with van der Waals surface area (Å²) in [7, 11) is -1.09. The van der Waals surface area contributed by atoms with Crippen molar-refractivity contribution in [2.24, 2.45) is 0 Å². The number of aryl methyl sites for hydroxylation is 1. The summed E-state index contributed by atoms with van der Waals surface area (Å²) in [5.41, 5.74) is -0.0656. The highest BCUT2D eigenvalue weighted by Gasteiger charge is 2.39. The van der Waals surface area contributed by atoms with Crippen molar-refractivity contribution in [3.05, 3.63) is 42.0 Å². The largest absolute Gasteiger partial charge is 0.492 e. The Morgan fingerprint density at radius 3 is 2.10 bits per heavy atom. The summed E-state index contributed by atoms with van der Waals surface area (Å²) in [5.74, 6) is 0. The van der Waals surface area contributed by atoms with Crippen LogP contribution in [0.4, 0.5) is 0 Å². The first-order valence-corrected chi connectivity index (χ1v) is 7.20. The molecule has 2 aromatic carbocycles. The van der Waals surface area contributed by atoms with Crippen molar-refractivity contribution >= 4 is 23.4 Å². The minimum atomic E-state index is -1.09. The van der Waals surface area contributed by atoms with Gasteiger partial charge < -0.3 is 14.8 Å². The number of fused-ring (bicyclic) bond motifs is 1. The van der Waals surface area contributed by atoms with Crippen LogP contribution < -0.4 is 5.46 Å². The van der Waals surface area contributed by atoms with Gasteiger partial charge in [-0.05, 0) is 56.4 Å². The number of benzene rings is 2. The summed E-state index contributed by atoms with van der Waals surface area (Å²) in [6.45, 7) is 8.93. The lowest BCUT2D eigenvalue weighted by atomic mass is 9.74. The molecule has 2 rings (SSSR count). The molecule has 0 aromatic heterocycles. The van der Waals surface area contributed by atoms with E-state index in [9.17, 15) is 10.1 Å². The van der Waals surface area contributed by atoms with Gasteiger partial charge in [0.25, 0.3) is 0 Å². The molecule has 0 aliphatic rings. The van der Waals surface area contributed by atoms with Crippen LogP contribution in [0, 0.1) is 6.92 Å². The van der Waals surface area contributed by atoms with Crippen molar-refractivity contribution in [3.63, 3.8) is 0 Å². The Balaban J connectivity index is 2.41. The van der Waals surface area contributed by atoms with E-state index >= 15 is 0 Å². The first-order chi connectivity index (χ1) is 9.63. The normalized spacial score (nSPS) is 12.7. The van der Waals surface area contributed by atoms with E-state index in [1.165, 1.54) is 0 Å². The fourth-order valence-electron chi connectivity index (χ4n) is 2.18. The second kappa shape index (κ2) is 5.45. The van der Waals surface area contributed by atoms with Crippen molar-refractivity contribution in [2.45, 2.75) is 45.8 Å². The highest BCUT2D eigenvalue weighted by atomic mass is 16.5. The molecule has 4 heteroatoms. The van der Waals surface area contributed by atoms with Gasteiger partial charge in [0, 0.05) is 0 Å². The molecule has 0 spiro atoms. The standard InChI is InChI=1S/C17H23BO3/c1-12-10-11-15(14-9-7-6-8-13(12)14)18(20)21-17(4,5)16(2,3)19/h6-11,19-20H,1-5H3. The fourth-order valence-corrected chi connectivity index (χ4v) is 2.18. The van der Waals surface area contributed by atoms with Crippen LogP contribution in [0.3, 0.4) is 0 Å². The Labute approximate surface area is 126 Å². The minimum Gasteiger partial charge on any atom is -0.423 e. The van der Waals surface area contributed by atoms with Gasteiger partial charge in [0.2, 0.25) is 0 Å². The van der Waals surface area contributed by atoms with Crippen molar-refractivity contribution in [1.29, 1.82) is 0 Å². The second-order valence-electron chi connectivity index (χ2n) is 6.56. The van der Waals surface area contributed by atoms with Crippen LogP contribution >= 0.6 is 0 Å². The molecule has 0 aliphatic carbocycles. The average molecular weight is 286 g/mol. The Morgan fingerprint density at radius 1 is 0.952 bits per heavy atom. The molecule has 0 unspecified atom stereocenters. The molecule has 21 heavy (non-hydrogen) atoms. The molecule has 0 bridgehead atoms. The Morgan fingerprint density at radius 2 is 1.52 bits per heavy atom. The topological polar surface area (TPSA) is 49.7 Å². The van der Waals surface area contributed by atoms with E-state index in [2.05, 4.69) is 0 Å². The van der Waals surface area contributed by atoms with Gasteiger partial charge in [-0.2, -0.15) is 0 Å². The highest BCUT2D eigenvalue weighted by molar-refractivity contribution is 6.63. The molecule has 0 saturated carbocycles. The molecule has 2 aromatic rings. The quantitative estimate of drug-likeness (QED) is 0.849. The zero-order valence-electron chi connectivity index (χ0n) is 13.3. The van der Waals surface area contributed by atoms with Crippen LogP contribution in [0.1, 0.15) is 33.3 Å². The van der Waals surface area contributed by atoms with E-state index in [-0.39, 0.29) is 0 Å². The van der Waals surface area contributed by atoms with Crippen molar-refractivity contribution in [1.82, 2.24) is 0 Å². The minimum absolute atomic E-state index is 0.716. The molecule has 2 N–H and O–H groups in total. The van der Waals surface area contributed by atoms with Gasteiger partial charge in [-0.1, -0.05) is 36.4 Å². The van der Waals surface area contributed by atoms with Crippen LogP contribution in [-0.2, 0) is 4.65 Å². The zero-order chi connectivity index (χ0) is 15.8. The maximum atomic E-state index is 10.5. The lowest BCUT2D eigenvalue weighted by molar-refractivity contribution is -0.0982. The third-order valence-corrected chi connectivity index (χ3v) is 4.32. The van der Waals surface area contributed by atoms with Crippen LogP contribution in [0.25, 0.3) is 10.8 Å². The lowest BCUT2D eigenvalue weighted by Crippen LogP contribution is -2.53. The van der Waals surface area contributed by atoms with E-state index in [0.29, 0.717) is 5.46 Å². The van der Waals surface area contributed by atoms with Crippen LogP contribution in [-0.4, -0.2) is 28.5 Å². The van der Waals surface area contributed by atoms with E-state index in [1.807, 2.05) is 43.3 Å². The molecule has 0 atom stereocenters. The molecule has 0 aliphatic heterocycles. The van der Waals surface area contributed by atoms with E-state index in [0.717, 1.165) is 16.3 Å². The second-order valence-corrected chi connectivity index (χ2v) is 6.56. The first-order valence-electron chi connectivity index (χ1n) is 7.20. The molecule has 0 radical (unpaired) electrons. The lowest BCUT2D eigenvalue weighted by Gasteiger charge is -2.38. The van der Waals surface area contributed by atoms with Crippen LogP contribution in [0.2, 0.25) is 0 Å². The maximum absolute atomic E-state index is 10.5. The van der Waals surface area contributed by atoms with Gasteiger partial charge in [-0.15, -0.1) is 0 Å². The average Bonchev–Trinajstić information content (AvgIpc) is 2.37. The van der Waals surface area contributed by atoms with E-state index < -0.39 is 18.3 Å². The third kappa shape index (κ3) is 3.13. The van der Waals surface area contributed by atoms with Gasteiger partial charge in [-0.25, -0.2) is 0 Å². The molecule has 3 nitrogen and oxygen atoms in total. The summed E-state index contributed by atoms with van der Waals surface area (Å²) in [6.07, 6.45) is 0. The van der Waals surface area contributed by atoms with Gasteiger partial charge in [0.1, 0.15) is 0 Å². The number of aliphatic hydroxyl groups is 1. The smallest absolute Gasteiger partial charge is 0.423 e. The zero-order valence-corrected chi connectivity index (χ0v) is 13.3. The summed E-state index contributed by atoms with van der Waals surface area (Å²) in [6, 6.07) is 11.8. The van der Waals surface area contributed by atoms with Gasteiger partial charge >= 0.3 is 7.12 Å². The van der Waals surface area contributed by atoms with Crippen LogP contribution in [0.15, 0.2) is 36.4 Å². The van der Waals surface area contributed by atoms with Crippen LogP contribution in [0.5, 0.6) is 0 Å². The summed E-state index contributed by atoms with van der Waals surface area (Å²) in [4.78, 5) is 0. The number of hydrogen-bond donors (Lipinski definition) is 2. The van der Waals surface area contributed by atoms with Crippen molar-refractivity contribution in [3.8, 4) is 0 Å². The summed E-state index contributed by atoms with van der Waals surface area (Å²) < 4.78 is 5.74. The van der Waals surface area contributed by atoms with E-state index in [4.69, 9.17) is 4.65 Å². The first kappa shape index (κ1) is 16.0. The monoisotopic (exact) mass is 286 g/mol. The maximum Gasteiger partial charge on any atom is 0.492 e. The molecular formula is C17H23BO3. The Kier molecular flexibility index (Phi) is 4.16. The highest BCUT2D eigenvalue weighted by Crippen LogP contribution is 2.26. The Hall–Kier alpha value is -1.36. The van der Waals surface area contributed by atoms with Gasteiger partial charge in [0.15, 0.2) is 0 Å². The van der Waals surface area contributed by atoms with Gasteiger partial charge in [0.05, 0.1) is 11.2 Å². The van der Waals surface area contributed by atoms with E-state index in [1.54, 1.807) is 27.7 Å². The molecule has 0 fully saturated rings. The molecule has 0 heterocycles. The molecule has 0 saturated heterocycles. The fraction of sp³-hybridized carbons (Fsp3) is 0.412. The summed E-state index contributed by atoms with van der Waals surface area (Å²) in [5, 5.41) is 22.7. The summed E-state index contributed by atoms with van der Waals surface area (Å²) >= 11 is 0. The Bertz CT molecular complexity index is 644.